The minimum Gasteiger partial charge on any atom is -0.469 e. The van der Waals surface area contributed by atoms with E-state index in [-0.39, 0.29) is 12.2 Å². The van der Waals surface area contributed by atoms with Crippen LogP contribution in [0.15, 0.2) is 24.3 Å². The van der Waals surface area contributed by atoms with Gasteiger partial charge in [-0.05, 0) is 0 Å². The minimum absolute atomic E-state index is 0.305. The van der Waals surface area contributed by atoms with E-state index in [9.17, 15) is 9.59 Å². The van der Waals surface area contributed by atoms with Crippen LogP contribution in [0.3, 0.4) is 0 Å². The number of halogens is 1. The van der Waals surface area contributed by atoms with Crippen LogP contribution >= 0.6 is 11.6 Å². The number of alkyl halides is 1. The highest BCUT2D eigenvalue weighted by Gasteiger charge is 2.19. The molecular weight excluding hydrogens is 244 g/mol. The second-order valence-electron chi connectivity index (χ2n) is 3.32. The number of carbonyl (C=O) groups is 2. The summed E-state index contributed by atoms with van der Waals surface area (Å²) in [6, 6.07) is 6.74. The molecule has 1 aromatic rings. The summed E-state index contributed by atoms with van der Waals surface area (Å²) in [6.45, 7) is 0. The summed E-state index contributed by atoms with van der Waals surface area (Å²) in [5, 5.41) is 0. The lowest BCUT2D eigenvalue weighted by atomic mass is 10.0. The van der Waals surface area contributed by atoms with Gasteiger partial charge in [0.05, 0.1) is 7.11 Å². The Morgan fingerprint density at radius 2 is 1.94 bits per heavy atom. The Morgan fingerprint density at radius 3 is 2.53 bits per heavy atom. The lowest BCUT2D eigenvalue weighted by Gasteiger charge is -2.12. The molecule has 0 radical (unpaired) electrons. The van der Waals surface area contributed by atoms with Gasteiger partial charge in [-0.15, -0.1) is 0 Å². The number of rotatable bonds is 5. The summed E-state index contributed by atoms with van der Waals surface area (Å²) in [5.41, 5.74) is 0.207. The van der Waals surface area contributed by atoms with Gasteiger partial charge in [-0.1, -0.05) is 35.9 Å². The Balaban J connectivity index is 2.97. The number of ether oxygens (including phenoxy) is 2. The van der Waals surface area contributed by atoms with Crippen molar-refractivity contribution >= 4 is 23.4 Å². The smallest absolute Gasteiger partial charge is 0.313 e. The van der Waals surface area contributed by atoms with Gasteiger partial charge in [-0.2, -0.15) is 0 Å². The first-order valence-corrected chi connectivity index (χ1v) is 5.39. The second-order valence-corrected chi connectivity index (χ2v) is 3.71. The molecule has 5 heteroatoms. The minimum atomic E-state index is -0.715. The van der Waals surface area contributed by atoms with Gasteiger partial charge in [0.2, 0.25) is 0 Å². The van der Waals surface area contributed by atoms with Gasteiger partial charge >= 0.3 is 5.97 Å². The van der Waals surface area contributed by atoms with Crippen molar-refractivity contribution in [3.8, 4) is 0 Å². The predicted octanol–water partition coefficient (Wildman–Crippen LogP) is 2.32. The topological polar surface area (TPSA) is 52.6 Å². The van der Waals surface area contributed by atoms with Crippen molar-refractivity contribution in [1.29, 1.82) is 0 Å². The highest BCUT2D eigenvalue weighted by atomic mass is 35.5. The Kier molecular flexibility index (Phi) is 5.12. The fourth-order valence-electron chi connectivity index (χ4n) is 1.37. The zero-order chi connectivity index (χ0) is 12.8. The van der Waals surface area contributed by atoms with Crippen molar-refractivity contribution in [3.63, 3.8) is 0 Å². The first kappa shape index (κ1) is 13.7. The van der Waals surface area contributed by atoms with Crippen LogP contribution < -0.4 is 0 Å². The molecular formula is C12H13ClO4. The molecule has 0 aromatic heterocycles. The number of benzene rings is 1. The molecule has 0 saturated carbocycles. The number of hydrogen-bond donors (Lipinski definition) is 0. The average molecular weight is 257 g/mol. The lowest BCUT2D eigenvalue weighted by molar-refractivity contribution is -0.139. The van der Waals surface area contributed by atoms with Crippen LogP contribution in [-0.4, -0.2) is 26.0 Å². The van der Waals surface area contributed by atoms with Crippen molar-refractivity contribution in [1.82, 2.24) is 0 Å². The molecule has 0 bridgehead atoms. The largest absolute Gasteiger partial charge is 0.469 e. The molecule has 0 aliphatic rings. The van der Waals surface area contributed by atoms with Crippen LogP contribution in [0.4, 0.5) is 0 Å². The van der Waals surface area contributed by atoms with Crippen molar-refractivity contribution in [2.45, 2.75) is 12.0 Å². The molecule has 0 aliphatic carbocycles. The van der Waals surface area contributed by atoms with Crippen LogP contribution in [0, 0.1) is 0 Å². The van der Waals surface area contributed by atoms with E-state index in [4.69, 9.17) is 16.3 Å². The maximum absolute atomic E-state index is 11.8. The van der Waals surface area contributed by atoms with Crippen LogP contribution in [0.5, 0.6) is 0 Å². The molecule has 4 nitrogen and oxygen atoms in total. The molecule has 0 N–H and O–H groups in total. The van der Waals surface area contributed by atoms with Crippen molar-refractivity contribution in [2.75, 3.05) is 14.2 Å². The number of carbonyl (C=O) groups excluding carboxylic acids is 2. The summed E-state index contributed by atoms with van der Waals surface area (Å²) in [4.78, 5) is 22.9. The molecule has 0 heterocycles. The summed E-state index contributed by atoms with van der Waals surface area (Å²) >= 11 is 5.92. The maximum atomic E-state index is 11.8. The molecule has 0 spiro atoms. The third kappa shape index (κ3) is 3.54. The van der Waals surface area contributed by atoms with Crippen LogP contribution in [-0.2, 0) is 14.3 Å². The Labute approximate surface area is 104 Å². The third-order valence-electron chi connectivity index (χ3n) is 2.25. The normalized spacial score (nSPS) is 11.9. The van der Waals surface area contributed by atoms with E-state index < -0.39 is 11.5 Å². The van der Waals surface area contributed by atoms with Crippen LogP contribution in [0.2, 0.25) is 0 Å². The van der Waals surface area contributed by atoms with Gasteiger partial charge in [0.15, 0.2) is 11.3 Å². The Hall–Kier alpha value is -1.39. The first-order chi connectivity index (χ1) is 8.10. The first-order valence-electron chi connectivity index (χ1n) is 4.96. The van der Waals surface area contributed by atoms with Gasteiger partial charge in [0, 0.05) is 18.2 Å². The number of hydrogen-bond acceptors (Lipinski definition) is 4. The zero-order valence-electron chi connectivity index (χ0n) is 9.60. The molecule has 92 valence electrons. The summed E-state index contributed by atoms with van der Waals surface area (Å²) < 4.78 is 9.40. The van der Waals surface area contributed by atoms with Crippen LogP contribution in [0.25, 0.3) is 0 Å². The van der Waals surface area contributed by atoms with Crippen molar-refractivity contribution in [3.05, 3.63) is 35.4 Å². The van der Waals surface area contributed by atoms with E-state index in [1.807, 2.05) is 0 Å². The van der Waals surface area contributed by atoms with E-state index in [1.165, 1.54) is 14.2 Å². The van der Waals surface area contributed by atoms with Crippen molar-refractivity contribution in [2.24, 2.45) is 0 Å². The summed E-state index contributed by atoms with van der Waals surface area (Å²) in [6.07, 6.45) is -0.305. The maximum Gasteiger partial charge on any atom is 0.313 e. The molecule has 1 unspecified atom stereocenters. The Morgan fingerprint density at radius 1 is 1.29 bits per heavy atom. The number of esters is 1. The molecule has 0 amide bonds. The molecule has 1 atom stereocenters. The van der Waals surface area contributed by atoms with Crippen LogP contribution in [0.1, 0.15) is 27.9 Å². The second kappa shape index (κ2) is 6.37. The molecule has 0 aliphatic heterocycles. The standard InChI is InChI=1S/C12H13ClO4/c1-16-11(15)7-10(14)8-5-3-4-6-9(8)12(13)17-2/h3-6,12H,7H2,1-2H3. The highest BCUT2D eigenvalue weighted by Crippen LogP contribution is 2.25. The van der Waals surface area contributed by atoms with E-state index in [0.29, 0.717) is 11.1 Å². The fraction of sp³-hybridized carbons (Fsp3) is 0.333. The predicted molar refractivity (Wildman–Crippen MR) is 63.0 cm³/mol. The van der Waals surface area contributed by atoms with Gasteiger partial charge in [0.1, 0.15) is 6.42 Å². The fourth-order valence-corrected chi connectivity index (χ4v) is 1.56. The monoisotopic (exact) mass is 256 g/mol. The third-order valence-corrected chi connectivity index (χ3v) is 2.66. The molecule has 17 heavy (non-hydrogen) atoms. The zero-order valence-corrected chi connectivity index (χ0v) is 10.4. The van der Waals surface area contributed by atoms with E-state index in [2.05, 4.69) is 4.74 Å². The van der Waals surface area contributed by atoms with Crippen molar-refractivity contribution < 1.29 is 19.1 Å². The molecule has 1 rings (SSSR count). The van der Waals surface area contributed by atoms with E-state index >= 15 is 0 Å². The van der Waals surface area contributed by atoms with E-state index in [1.54, 1.807) is 24.3 Å². The van der Waals surface area contributed by atoms with Gasteiger partial charge in [-0.25, -0.2) is 0 Å². The quantitative estimate of drug-likeness (QED) is 0.351. The number of methoxy groups -OCH3 is 2. The molecule has 0 fully saturated rings. The average Bonchev–Trinajstić information content (AvgIpc) is 2.37. The number of Topliss-reactive ketones (excluding diaryl/α,β-unsaturated/α-hetero) is 1. The Bertz CT molecular complexity index is 417. The van der Waals surface area contributed by atoms with Gasteiger partial charge in [-0.3, -0.25) is 9.59 Å². The summed E-state index contributed by atoms with van der Waals surface area (Å²) in [7, 11) is 2.68. The molecule has 1 aromatic carbocycles. The SMILES string of the molecule is COC(=O)CC(=O)c1ccccc1C(Cl)OC. The van der Waals surface area contributed by atoms with E-state index in [0.717, 1.165) is 0 Å². The number of ketones is 1. The highest BCUT2D eigenvalue weighted by molar-refractivity contribution is 6.21. The van der Waals surface area contributed by atoms with Gasteiger partial charge in [0.25, 0.3) is 0 Å². The van der Waals surface area contributed by atoms with Gasteiger partial charge < -0.3 is 9.47 Å². The lowest BCUT2D eigenvalue weighted by Crippen LogP contribution is -2.12. The summed E-state index contributed by atoms with van der Waals surface area (Å²) in [5.74, 6) is -0.913. The molecule has 0 saturated heterocycles.